The van der Waals surface area contributed by atoms with Crippen LogP contribution in [-0.2, 0) is 14.8 Å². The van der Waals surface area contributed by atoms with Gasteiger partial charge in [-0.3, -0.25) is 14.9 Å². The zero-order chi connectivity index (χ0) is 17.3. The van der Waals surface area contributed by atoms with Crippen molar-refractivity contribution < 1.29 is 18.0 Å². The molecule has 2 amide bonds. The maximum absolute atomic E-state index is 11.6. The van der Waals surface area contributed by atoms with E-state index in [1.54, 1.807) is 18.2 Å². The molecule has 6 nitrogen and oxygen atoms in total. The molecule has 1 saturated heterocycles. The maximum atomic E-state index is 11.6. The van der Waals surface area contributed by atoms with Gasteiger partial charge in [0.1, 0.15) is 0 Å². The van der Waals surface area contributed by atoms with Crippen molar-refractivity contribution in [3.63, 3.8) is 0 Å². The molecule has 3 rings (SSSR count). The Morgan fingerprint density at radius 1 is 1.00 bits per heavy atom. The van der Waals surface area contributed by atoms with Crippen molar-refractivity contribution in [1.82, 2.24) is 5.32 Å². The summed E-state index contributed by atoms with van der Waals surface area (Å²) in [4.78, 5) is 23.2. The third-order valence-electron chi connectivity index (χ3n) is 3.34. The number of nitrogens with one attached hydrogen (secondary N) is 1. The van der Waals surface area contributed by atoms with Crippen LogP contribution in [0.15, 0.2) is 58.3 Å². The average molecular weight is 360 g/mol. The van der Waals surface area contributed by atoms with E-state index < -0.39 is 15.9 Å². The van der Waals surface area contributed by atoms with Crippen LogP contribution in [0.3, 0.4) is 0 Å². The molecular formula is C16H12N2O4S2. The SMILES string of the molecule is NS(=O)(=O)c1ccc(-c2cccc(/C=C3\SC(=O)NC3=O)c2)cc1. The first-order chi connectivity index (χ1) is 11.3. The highest BCUT2D eigenvalue weighted by Crippen LogP contribution is 2.27. The molecule has 122 valence electrons. The van der Waals surface area contributed by atoms with Gasteiger partial charge in [-0.25, -0.2) is 13.6 Å². The number of hydrogen-bond acceptors (Lipinski definition) is 5. The Morgan fingerprint density at radius 3 is 2.29 bits per heavy atom. The quantitative estimate of drug-likeness (QED) is 0.817. The Labute approximate surface area is 142 Å². The Kier molecular flexibility index (Phi) is 4.27. The lowest BCUT2D eigenvalue weighted by Gasteiger charge is -2.05. The van der Waals surface area contributed by atoms with E-state index in [0.29, 0.717) is 4.91 Å². The number of benzene rings is 2. The maximum Gasteiger partial charge on any atom is 0.290 e. The van der Waals surface area contributed by atoms with Gasteiger partial charge >= 0.3 is 0 Å². The van der Waals surface area contributed by atoms with Crippen LogP contribution in [0.4, 0.5) is 4.79 Å². The van der Waals surface area contributed by atoms with Gasteiger partial charge in [0.2, 0.25) is 10.0 Å². The predicted molar refractivity (Wildman–Crippen MR) is 92.4 cm³/mol. The number of thioether (sulfide) groups is 1. The van der Waals surface area contributed by atoms with Crippen LogP contribution in [0.25, 0.3) is 17.2 Å². The molecule has 0 aromatic heterocycles. The van der Waals surface area contributed by atoms with Crippen LogP contribution in [0.5, 0.6) is 0 Å². The Balaban J connectivity index is 1.92. The van der Waals surface area contributed by atoms with Gasteiger partial charge in [-0.05, 0) is 52.7 Å². The Bertz CT molecular complexity index is 964. The first-order valence-electron chi connectivity index (χ1n) is 6.81. The summed E-state index contributed by atoms with van der Waals surface area (Å²) in [7, 11) is -3.73. The minimum atomic E-state index is -3.73. The van der Waals surface area contributed by atoms with Gasteiger partial charge in [-0.1, -0.05) is 30.3 Å². The summed E-state index contributed by atoms with van der Waals surface area (Å²) >= 11 is 0.856. The second kappa shape index (κ2) is 6.23. The van der Waals surface area contributed by atoms with Gasteiger partial charge in [0, 0.05) is 0 Å². The lowest BCUT2D eigenvalue weighted by atomic mass is 10.0. The molecule has 1 heterocycles. The van der Waals surface area contributed by atoms with E-state index in [1.807, 2.05) is 24.3 Å². The van der Waals surface area contributed by atoms with Crippen LogP contribution < -0.4 is 10.5 Å². The van der Waals surface area contributed by atoms with Crippen molar-refractivity contribution in [3.05, 3.63) is 59.0 Å². The Morgan fingerprint density at radius 2 is 1.71 bits per heavy atom. The van der Waals surface area contributed by atoms with Gasteiger partial charge in [0.15, 0.2) is 0 Å². The van der Waals surface area contributed by atoms with Gasteiger partial charge in [0.25, 0.3) is 11.1 Å². The molecule has 0 unspecified atom stereocenters. The molecule has 3 N–H and O–H groups in total. The summed E-state index contributed by atoms with van der Waals surface area (Å²) in [5, 5.41) is 6.90. The molecular weight excluding hydrogens is 348 g/mol. The van der Waals surface area contributed by atoms with Crippen molar-refractivity contribution in [1.29, 1.82) is 0 Å². The highest BCUT2D eigenvalue weighted by atomic mass is 32.2. The smallest absolute Gasteiger partial charge is 0.282 e. The van der Waals surface area contributed by atoms with Gasteiger partial charge in [0.05, 0.1) is 9.80 Å². The number of amides is 2. The molecule has 24 heavy (non-hydrogen) atoms. The van der Waals surface area contributed by atoms with Gasteiger partial charge in [-0.2, -0.15) is 0 Å². The topological polar surface area (TPSA) is 106 Å². The molecule has 8 heteroatoms. The number of sulfonamides is 1. The van der Waals surface area contributed by atoms with Crippen LogP contribution in [0.2, 0.25) is 0 Å². The number of nitrogens with two attached hydrogens (primary N) is 1. The zero-order valence-electron chi connectivity index (χ0n) is 12.2. The summed E-state index contributed by atoms with van der Waals surface area (Å²) < 4.78 is 22.6. The molecule has 1 aliphatic heterocycles. The van der Waals surface area contributed by atoms with E-state index in [1.165, 1.54) is 12.1 Å². The zero-order valence-corrected chi connectivity index (χ0v) is 13.9. The fraction of sp³-hybridized carbons (Fsp3) is 0. The standard InChI is InChI=1S/C16H12N2O4S2/c17-24(21,22)13-6-4-11(5-7-13)12-3-1-2-10(8-12)9-14-15(19)18-16(20)23-14/h1-9H,(H2,17,21,22)(H,18,19,20)/b14-9-. The molecule has 0 bridgehead atoms. The monoisotopic (exact) mass is 360 g/mol. The third-order valence-corrected chi connectivity index (χ3v) is 5.08. The number of primary sulfonamides is 1. The first kappa shape index (κ1) is 16.4. The minimum Gasteiger partial charge on any atom is -0.282 e. The van der Waals surface area contributed by atoms with Crippen molar-refractivity contribution in [3.8, 4) is 11.1 Å². The van der Waals surface area contributed by atoms with Crippen LogP contribution in [0, 0.1) is 0 Å². The average Bonchev–Trinajstić information content (AvgIpc) is 2.84. The van der Waals surface area contributed by atoms with Gasteiger partial charge < -0.3 is 0 Å². The largest absolute Gasteiger partial charge is 0.290 e. The normalized spacial score (nSPS) is 16.5. The lowest BCUT2D eigenvalue weighted by Crippen LogP contribution is -2.17. The molecule has 0 radical (unpaired) electrons. The van der Waals surface area contributed by atoms with E-state index in [0.717, 1.165) is 28.5 Å². The number of rotatable bonds is 3. The lowest BCUT2D eigenvalue weighted by molar-refractivity contribution is -0.115. The fourth-order valence-corrected chi connectivity index (χ4v) is 3.42. The van der Waals surface area contributed by atoms with Crippen molar-refractivity contribution in [2.45, 2.75) is 4.90 Å². The minimum absolute atomic E-state index is 0.0436. The number of carbonyl (C=O) groups excluding carboxylic acids is 2. The summed E-state index contributed by atoms with van der Waals surface area (Å²) in [5.74, 6) is -0.409. The molecule has 1 aliphatic rings. The first-order valence-corrected chi connectivity index (χ1v) is 9.17. The number of hydrogen-bond donors (Lipinski definition) is 2. The second-order valence-electron chi connectivity index (χ2n) is 5.05. The van der Waals surface area contributed by atoms with E-state index in [9.17, 15) is 18.0 Å². The van der Waals surface area contributed by atoms with Crippen molar-refractivity contribution >= 4 is 39.0 Å². The third kappa shape index (κ3) is 3.56. The molecule has 2 aromatic rings. The van der Waals surface area contributed by atoms with E-state index >= 15 is 0 Å². The van der Waals surface area contributed by atoms with E-state index in [4.69, 9.17) is 5.14 Å². The summed E-state index contributed by atoms with van der Waals surface area (Å²) in [6, 6.07) is 13.5. The molecule has 1 fully saturated rings. The second-order valence-corrected chi connectivity index (χ2v) is 7.62. The highest BCUT2D eigenvalue weighted by Gasteiger charge is 2.24. The van der Waals surface area contributed by atoms with Crippen LogP contribution >= 0.6 is 11.8 Å². The fourth-order valence-electron chi connectivity index (χ4n) is 2.22. The van der Waals surface area contributed by atoms with Crippen LogP contribution in [-0.4, -0.2) is 19.6 Å². The van der Waals surface area contributed by atoms with Crippen molar-refractivity contribution in [2.75, 3.05) is 0 Å². The van der Waals surface area contributed by atoms with Gasteiger partial charge in [-0.15, -0.1) is 0 Å². The van der Waals surface area contributed by atoms with E-state index in [-0.39, 0.29) is 10.1 Å². The molecule has 0 spiro atoms. The summed E-state index contributed by atoms with van der Waals surface area (Å²) in [6.45, 7) is 0. The summed E-state index contributed by atoms with van der Waals surface area (Å²) in [6.07, 6.45) is 1.63. The number of imide groups is 1. The number of carbonyl (C=O) groups is 2. The Hall–Kier alpha value is -2.42. The van der Waals surface area contributed by atoms with Crippen LogP contribution in [0.1, 0.15) is 5.56 Å². The van der Waals surface area contributed by atoms with E-state index in [2.05, 4.69) is 5.32 Å². The molecule has 2 aromatic carbocycles. The molecule has 0 aliphatic carbocycles. The summed E-state index contributed by atoms with van der Waals surface area (Å²) in [5.41, 5.74) is 2.41. The highest BCUT2D eigenvalue weighted by molar-refractivity contribution is 8.18. The predicted octanol–water partition coefficient (Wildman–Crippen LogP) is 2.32. The molecule has 0 atom stereocenters. The molecule has 0 saturated carbocycles. The van der Waals surface area contributed by atoms with Crippen molar-refractivity contribution in [2.24, 2.45) is 5.14 Å².